The van der Waals surface area contributed by atoms with Gasteiger partial charge in [0, 0.05) is 47.0 Å². The van der Waals surface area contributed by atoms with Crippen LogP contribution in [0.4, 0.5) is 11.5 Å². The number of ether oxygens (including phenoxy) is 1. The Kier molecular flexibility index (Phi) is 5.51. The average Bonchev–Trinajstić information content (AvgIpc) is 3.59. The maximum absolute atomic E-state index is 12.8. The number of benzene rings is 2. The first kappa shape index (κ1) is 21.2. The number of rotatable bonds is 5. The number of nitrogens with zero attached hydrogens (tertiary/aromatic N) is 5. The van der Waals surface area contributed by atoms with E-state index in [0.29, 0.717) is 50.2 Å². The Balaban J connectivity index is 1.21. The zero-order chi connectivity index (χ0) is 23.6. The number of carbonyl (C=O) groups excluding carboxylic acids is 1. The topological polar surface area (TPSA) is 108 Å². The van der Waals surface area contributed by atoms with Gasteiger partial charge in [0.2, 0.25) is 0 Å². The summed E-state index contributed by atoms with van der Waals surface area (Å²) in [5.74, 6) is 1.29. The highest BCUT2D eigenvalue weighted by molar-refractivity contribution is 5.98. The number of hydrogen-bond acceptors (Lipinski definition) is 7. The van der Waals surface area contributed by atoms with Crippen LogP contribution in [-0.2, 0) is 4.74 Å². The molecule has 4 aromatic rings. The van der Waals surface area contributed by atoms with E-state index in [9.17, 15) is 4.79 Å². The van der Waals surface area contributed by atoms with Crippen molar-refractivity contribution in [2.45, 2.75) is 0 Å². The van der Waals surface area contributed by atoms with Gasteiger partial charge in [0.25, 0.3) is 5.91 Å². The molecule has 0 spiro atoms. The van der Waals surface area contributed by atoms with Crippen LogP contribution >= 0.6 is 0 Å². The van der Waals surface area contributed by atoms with Gasteiger partial charge in [-0.2, -0.15) is 10.2 Å². The molecule has 4 heterocycles. The number of amides is 1. The minimum absolute atomic E-state index is 0.00692. The molecule has 0 radical (unpaired) electrons. The molecule has 2 N–H and O–H groups in total. The molecule has 1 amide bonds. The molecule has 0 aliphatic carbocycles. The molecule has 2 aliphatic rings. The molecule has 2 aromatic heterocycles. The second-order valence-electron chi connectivity index (χ2n) is 8.43. The summed E-state index contributed by atoms with van der Waals surface area (Å²) in [6, 6.07) is 17.8. The Morgan fingerprint density at radius 2 is 1.83 bits per heavy atom. The van der Waals surface area contributed by atoms with E-state index in [1.807, 2.05) is 59.5 Å². The molecule has 0 bridgehead atoms. The third-order valence-corrected chi connectivity index (χ3v) is 6.13. The van der Waals surface area contributed by atoms with Crippen molar-refractivity contribution in [2.75, 3.05) is 38.2 Å². The fourth-order valence-electron chi connectivity index (χ4n) is 4.24. The van der Waals surface area contributed by atoms with Crippen molar-refractivity contribution in [2.24, 2.45) is 10.2 Å². The average molecular weight is 466 g/mol. The number of nitrogens with one attached hydrogen (secondary N) is 2. The van der Waals surface area contributed by atoms with Gasteiger partial charge < -0.3 is 19.9 Å². The second-order valence-corrected chi connectivity index (χ2v) is 8.43. The lowest BCUT2D eigenvalue weighted by Crippen LogP contribution is -2.40. The number of hydrogen-bond donors (Lipinski definition) is 2. The van der Waals surface area contributed by atoms with Crippen LogP contribution in [0.1, 0.15) is 16.1 Å². The normalized spacial score (nSPS) is 15.4. The lowest BCUT2D eigenvalue weighted by Gasteiger charge is -2.26. The summed E-state index contributed by atoms with van der Waals surface area (Å²) >= 11 is 0. The van der Waals surface area contributed by atoms with Crippen molar-refractivity contribution < 1.29 is 9.53 Å². The molecule has 9 heteroatoms. The Hall–Kier alpha value is -4.37. The summed E-state index contributed by atoms with van der Waals surface area (Å²) in [6.07, 6.45) is 3.53. The molecule has 6 rings (SSSR count). The Labute approximate surface area is 201 Å². The van der Waals surface area contributed by atoms with E-state index in [1.54, 1.807) is 12.4 Å². The molecule has 0 unspecified atom stereocenters. The molecule has 2 aromatic carbocycles. The number of H-pyrrole nitrogens is 1. The first-order valence-corrected chi connectivity index (χ1v) is 11.5. The summed E-state index contributed by atoms with van der Waals surface area (Å²) in [5.41, 5.74) is 5.46. The first-order chi connectivity index (χ1) is 17.2. The smallest absolute Gasteiger partial charge is 0.270 e. The van der Waals surface area contributed by atoms with Crippen LogP contribution in [0.2, 0.25) is 0 Å². The molecule has 1 fully saturated rings. The highest BCUT2D eigenvalue weighted by Crippen LogP contribution is 2.26. The lowest BCUT2D eigenvalue weighted by atomic mass is 10.1. The molecule has 35 heavy (non-hydrogen) atoms. The zero-order valence-electron chi connectivity index (χ0n) is 18.9. The summed E-state index contributed by atoms with van der Waals surface area (Å²) < 4.78 is 5.35. The predicted octanol–water partition coefficient (Wildman–Crippen LogP) is 4.65. The highest BCUT2D eigenvalue weighted by atomic mass is 16.5. The van der Waals surface area contributed by atoms with Crippen LogP contribution < -0.4 is 5.32 Å². The van der Waals surface area contributed by atoms with Gasteiger partial charge in [-0.1, -0.05) is 24.3 Å². The summed E-state index contributed by atoms with van der Waals surface area (Å²) in [6.45, 7) is 2.99. The fraction of sp³-hybridized carbons (Fsp3) is 0.192. The largest absolute Gasteiger partial charge is 0.378 e. The van der Waals surface area contributed by atoms with E-state index in [4.69, 9.17) is 9.72 Å². The van der Waals surface area contributed by atoms with E-state index in [0.717, 1.165) is 33.3 Å². The quantitative estimate of drug-likeness (QED) is 0.446. The van der Waals surface area contributed by atoms with E-state index >= 15 is 0 Å². The van der Waals surface area contributed by atoms with Crippen molar-refractivity contribution in [1.29, 1.82) is 0 Å². The van der Waals surface area contributed by atoms with Gasteiger partial charge in [-0.25, -0.2) is 9.97 Å². The van der Waals surface area contributed by atoms with Crippen molar-refractivity contribution in [1.82, 2.24) is 19.9 Å². The number of anilines is 2. The van der Waals surface area contributed by atoms with E-state index < -0.39 is 0 Å². The van der Waals surface area contributed by atoms with Crippen LogP contribution in [0.25, 0.3) is 27.9 Å². The van der Waals surface area contributed by atoms with Crippen LogP contribution in [0.5, 0.6) is 0 Å². The van der Waals surface area contributed by atoms with Crippen LogP contribution in [0.3, 0.4) is 0 Å². The van der Waals surface area contributed by atoms with E-state index in [2.05, 4.69) is 25.5 Å². The molecular weight excluding hydrogens is 442 g/mol. The lowest BCUT2D eigenvalue weighted by molar-refractivity contribution is 0.0299. The second kappa shape index (κ2) is 9.11. The third kappa shape index (κ3) is 4.41. The predicted molar refractivity (Wildman–Crippen MR) is 133 cm³/mol. The Bertz CT molecular complexity index is 1450. The van der Waals surface area contributed by atoms with Gasteiger partial charge in [0.05, 0.1) is 26.0 Å². The monoisotopic (exact) mass is 465 g/mol. The van der Waals surface area contributed by atoms with Gasteiger partial charge in [-0.15, -0.1) is 0 Å². The van der Waals surface area contributed by atoms with Crippen molar-refractivity contribution >= 4 is 33.9 Å². The number of aromatic amines is 1. The van der Waals surface area contributed by atoms with Crippen LogP contribution in [-0.4, -0.2) is 58.6 Å². The number of fused-ring (bicyclic) bond motifs is 1. The van der Waals surface area contributed by atoms with Gasteiger partial charge in [-0.3, -0.25) is 4.79 Å². The molecule has 9 nitrogen and oxygen atoms in total. The summed E-state index contributed by atoms with van der Waals surface area (Å²) in [4.78, 5) is 27.1. The SMILES string of the molecule is O=C(c1cc2ccc(-c3nccc(Nc4ccc(C5=CN=NC5)cc4)n3)cc2[nH]1)N1CCOCC1. The van der Waals surface area contributed by atoms with Crippen molar-refractivity contribution in [3.8, 4) is 11.4 Å². The number of morpholine rings is 1. The summed E-state index contributed by atoms with van der Waals surface area (Å²) in [7, 11) is 0. The molecule has 174 valence electrons. The maximum atomic E-state index is 12.8. The molecular formula is C26H23N7O2. The van der Waals surface area contributed by atoms with Crippen LogP contribution in [0, 0.1) is 0 Å². The number of aromatic nitrogens is 3. The van der Waals surface area contributed by atoms with Gasteiger partial charge >= 0.3 is 0 Å². The van der Waals surface area contributed by atoms with E-state index in [-0.39, 0.29) is 5.91 Å². The standard InChI is InChI=1S/C26H23N7O2/c34-26(33-9-11-35-12-10-33)23-13-18-1-2-19(14-22(18)31-23)25-27-8-7-24(32-25)30-21-5-3-17(4-6-21)20-15-28-29-16-20/h1-8,13-15,31H,9-12,16H2,(H,27,30,32). The highest BCUT2D eigenvalue weighted by Gasteiger charge is 2.20. The van der Waals surface area contributed by atoms with E-state index in [1.165, 1.54) is 0 Å². The Morgan fingerprint density at radius 1 is 1.00 bits per heavy atom. The maximum Gasteiger partial charge on any atom is 0.270 e. The first-order valence-electron chi connectivity index (χ1n) is 11.5. The molecule has 1 saturated heterocycles. The number of carbonyl (C=O) groups is 1. The van der Waals surface area contributed by atoms with Crippen LogP contribution in [0.15, 0.2) is 77.2 Å². The molecule has 0 atom stereocenters. The Morgan fingerprint density at radius 3 is 2.63 bits per heavy atom. The van der Waals surface area contributed by atoms with Gasteiger partial charge in [0.1, 0.15) is 11.5 Å². The minimum atomic E-state index is -0.00692. The molecule has 2 aliphatic heterocycles. The number of azo groups is 1. The summed E-state index contributed by atoms with van der Waals surface area (Å²) in [5, 5.41) is 12.2. The van der Waals surface area contributed by atoms with Crippen molar-refractivity contribution in [3.63, 3.8) is 0 Å². The molecule has 0 saturated carbocycles. The zero-order valence-corrected chi connectivity index (χ0v) is 18.9. The van der Waals surface area contributed by atoms with Gasteiger partial charge in [0.15, 0.2) is 5.82 Å². The fourth-order valence-corrected chi connectivity index (χ4v) is 4.24. The minimum Gasteiger partial charge on any atom is -0.378 e. The van der Waals surface area contributed by atoms with Gasteiger partial charge in [-0.05, 0) is 35.9 Å². The van der Waals surface area contributed by atoms with Crippen molar-refractivity contribution in [3.05, 3.63) is 78.3 Å². The third-order valence-electron chi connectivity index (χ3n) is 6.13.